The van der Waals surface area contributed by atoms with Gasteiger partial charge in [0.2, 0.25) is 0 Å². The lowest BCUT2D eigenvalue weighted by Gasteiger charge is -2.11. The Balaban J connectivity index is 2.42. The molecule has 0 radical (unpaired) electrons. The van der Waals surface area contributed by atoms with E-state index >= 15 is 0 Å². The summed E-state index contributed by atoms with van der Waals surface area (Å²) in [7, 11) is 0. The van der Waals surface area contributed by atoms with Crippen LogP contribution >= 0.6 is 0 Å². The summed E-state index contributed by atoms with van der Waals surface area (Å²) in [5, 5.41) is 0. The number of rotatable bonds is 3. The topological polar surface area (TPSA) is 26.3 Å². The molecule has 0 aliphatic carbocycles. The van der Waals surface area contributed by atoms with E-state index in [0.29, 0.717) is 5.56 Å². The Morgan fingerprint density at radius 2 is 1.84 bits per heavy atom. The molecule has 2 aromatic carbocycles. The molecule has 2 aromatic rings. The van der Waals surface area contributed by atoms with Gasteiger partial charge in [-0.2, -0.15) is 0 Å². The molecule has 0 amide bonds. The Labute approximate surface area is 109 Å². The zero-order valence-corrected chi connectivity index (χ0v) is 10.5. The van der Waals surface area contributed by atoms with Crippen molar-refractivity contribution in [2.75, 3.05) is 0 Å². The van der Waals surface area contributed by atoms with Crippen molar-refractivity contribution < 1.29 is 18.3 Å². The fourth-order valence-electron chi connectivity index (χ4n) is 1.69. The predicted octanol–water partition coefficient (Wildman–Crippen LogP) is 4.27. The first kappa shape index (κ1) is 13.2. The number of para-hydroxylation sites is 1. The number of benzene rings is 2. The van der Waals surface area contributed by atoms with Crippen LogP contribution in [0.25, 0.3) is 0 Å². The van der Waals surface area contributed by atoms with Gasteiger partial charge in [0.05, 0.1) is 5.56 Å². The van der Waals surface area contributed by atoms with Crippen LogP contribution in [0.15, 0.2) is 36.4 Å². The monoisotopic (exact) mass is 262 g/mol. The highest BCUT2D eigenvalue weighted by Crippen LogP contribution is 2.29. The highest BCUT2D eigenvalue weighted by atomic mass is 19.1. The van der Waals surface area contributed by atoms with E-state index in [1.165, 1.54) is 43.3 Å². The summed E-state index contributed by atoms with van der Waals surface area (Å²) in [5.41, 5.74) is 0.542. The van der Waals surface area contributed by atoms with Crippen LogP contribution in [0.1, 0.15) is 22.8 Å². The van der Waals surface area contributed by atoms with Gasteiger partial charge < -0.3 is 4.74 Å². The second-order valence-electron chi connectivity index (χ2n) is 4.19. The SMILES string of the molecule is CC(=O)c1cccc(F)c1Oc1ccc(F)c(C)c1. The van der Waals surface area contributed by atoms with E-state index in [-0.39, 0.29) is 28.7 Å². The van der Waals surface area contributed by atoms with Gasteiger partial charge in [-0.15, -0.1) is 0 Å². The Morgan fingerprint density at radius 1 is 1.11 bits per heavy atom. The lowest BCUT2D eigenvalue weighted by Crippen LogP contribution is -1.99. The largest absolute Gasteiger partial charge is 0.454 e. The summed E-state index contributed by atoms with van der Waals surface area (Å²) in [4.78, 5) is 11.4. The van der Waals surface area contributed by atoms with Crippen LogP contribution in [0.5, 0.6) is 11.5 Å². The Bertz CT molecular complexity index is 636. The standard InChI is InChI=1S/C15H12F2O2/c1-9-8-11(6-7-13(9)16)19-15-12(10(2)18)4-3-5-14(15)17/h3-8H,1-2H3. The predicted molar refractivity (Wildman–Crippen MR) is 67.6 cm³/mol. The van der Waals surface area contributed by atoms with Gasteiger partial charge in [-0.1, -0.05) is 6.07 Å². The molecule has 0 fully saturated rings. The third-order valence-corrected chi connectivity index (χ3v) is 2.70. The zero-order valence-electron chi connectivity index (χ0n) is 10.5. The minimum Gasteiger partial charge on any atom is -0.454 e. The van der Waals surface area contributed by atoms with E-state index in [4.69, 9.17) is 4.74 Å². The maximum atomic E-state index is 13.7. The summed E-state index contributed by atoms with van der Waals surface area (Å²) in [6.07, 6.45) is 0. The number of halogens is 2. The van der Waals surface area contributed by atoms with Gasteiger partial charge in [0, 0.05) is 0 Å². The number of hydrogen-bond acceptors (Lipinski definition) is 2. The summed E-state index contributed by atoms with van der Waals surface area (Å²) >= 11 is 0. The fourth-order valence-corrected chi connectivity index (χ4v) is 1.69. The quantitative estimate of drug-likeness (QED) is 0.772. The molecule has 2 nitrogen and oxygen atoms in total. The highest BCUT2D eigenvalue weighted by Gasteiger charge is 2.14. The van der Waals surface area contributed by atoms with Crippen molar-refractivity contribution in [2.45, 2.75) is 13.8 Å². The molecular formula is C15H12F2O2. The lowest BCUT2D eigenvalue weighted by molar-refractivity contribution is 0.101. The summed E-state index contributed by atoms with van der Waals surface area (Å²) in [6.45, 7) is 2.91. The molecule has 0 saturated heterocycles. The fraction of sp³-hybridized carbons (Fsp3) is 0.133. The van der Waals surface area contributed by atoms with Gasteiger partial charge >= 0.3 is 0 Å². The van der Waals surface area contributed by atoms with Gasteiger partial charge in [0.15, 0.2) is 17.3 Å². The van der Waals surface area contributed by atoms with Gasteiger partial charge in [0.1, 0.15) is 11.6 Å². The number of ketones is 1. The van der Waals surface area contributed by atoms with Crippen molar-refractivity contribution >= 4 is 5.78 Å². The zero-order chi connectivity index (χ0) is 14.0. The third kappa shape index (κ3) is 2.78. The van der Waals surface area contributed by atoms with Crippen LogP contribution in [0.4, 0.5) is 8.78 Å². The minimum atomic E-state index is -0.630. The van der Waals surface area contributed by atoms with E-state index < -0.39 is 5.82 Å². The van der Waals surface area contributed by atoms with Crippen molar-refractivity contribution in [1.29, 1.82) is 0 Å². The van der Waals surface area contributed by atoms with Crippen LogP contribution in [-0.2, 0) is 0 Å². The maximum absolute atomic E-state index is 13.7. The smallest absolute Gasteiger partial charge is 0.173 e. The molecule has 0 heterocycles. The van der Waals surface area contributed by atoms with Gasteiger partial charge in [-0.25, -0.2) is 8.78 Å². The molecular weight excluding hydrogens is 250 g/mol. The van der Waals surface area contributed by atoms with Crippen molar-refractivity contribution in [2.24, 2.45) is 0 Å². The summed E-state index contributed by atoms with van der Waals surface area (Å²) in [5.74, 6) is -1.15. The number of aryl methyl sites for hydroxylation is 1. The van der Waals surface area contributed by atoms with Crippen molar-refractivity contribution in [3.05, 3.63) is 59.2 Å². The molecule has 4 heteroatoms. The average Bonchev–Trinajstić information content (AvgIpc) is 2.36. The second-order valence-corrected chi connectivity index (χ2v) is 4.19. The Kier molecular flexibility index (Phi) is 3.60. The molecule has 0 saturated carbocycles. The second kappa shape index (κ2) is 5.18. The van der Waals surface area contributed by atoms with E-state index in [1.807, 2.05) is 0 Å². The summed E-state index contributed by atoms with van der Waals surface area (Å²) in [6, 6.07) is 8.20. The van der Waals surface area contributed by atoms with E-state index in [2.05, 4.69) is 0 Å². The van der Waals surface area contributed by atoms with Crippen molar-refractivity contribution in [3.63, 3.8) is 0 Å². The molecule has 0 atom stereocenters. The molecule has 0 bridgehead atoms. The lowest BCUT2D eigenvalue weighted by atomic mass is 10.1. The number of carbonyl (C=O) groups is 1. The van der Waals surface area contributed by atoms with E-state index in [9.17, 15) is 13.6 Å². The molecule has 19 heavy (non-hydrogen) atoms. The first-order chi connectivity index (χ1) is 8.99. The molecule has 98 valence electrons. The highest BCUT2D eigenvalue weighted by molar-refractivity contribution is 5.96. The van der Waals surface area contributed by atoms with Gasteiger partial charge in [-0.05, 0) is 49.7 Å². The molecule has 0 aromatic heterocycles. The number of ether oxygens (including phenoxy) is 1. The Hall–Kier alpha value is -2.23. The Morgan fingerprint density at radius 3 is 2.47 bits per heavy atom. The van der Waals surface area contributed by atoms with Crippen LogP contribution < -0.4 is 4.74 Å². The first-order valence-electron chi connectivity index (χ1n) is 5.72. The van der Waals surface area contributed by atoms with Crippen LogP contribution in [-0.4, -0.2) is 5.78 Å². The molecule has 0 aliphatic heterocycles. The van der Waals surface area contributed by atoms with E-state index in [0.717, 1.165) is 0 Å². The van der Waals surface area contributed by atoms with Crippen LogP contribution in [0, 0.1) is 18.6 Å². The van der Waals surface area contributed by atoms with Gasteiger partial charge in [0.25, 0.3) is 0 Å². The van der Waals surface area contributed by atoms with Crippen LogP contribution in [0.3, 0.4) is 0 Å². The number of carbonyl (C=O) groups excluding carboxylic acids is 1. The minimum absolute atomic E-state index is 0.138. The normalized spacial score (nSPS) is 10.3. The summed E-state index contributed by atoms with van der Waals surface area (Å²) < 4.78 is 32.2. The number of hydrogen-bond donors (Lipinski definition) is 0. The molecule has 0 spiro atoms. The van der Waals surface area contributed by atoms with Gasteiger partial charge in [-0.3, -0.25) is 4.79 Å². The molecule has 0 aliphatic rings. The first-order valence-corrected chi connectivity index (χ1v) is 5.72. The van der Waals surface area contributed by atoms with Crippen molar-refractivity contribution in [1.82, 2.24) is 0 Å². The van der Waals surface area contributed by atoms with Crippen molar-refractivity contribution in [3.8, 4) is 11.5 Å². The maximum Gasteiger partial charge on any atom is 0.173 e. The number of Topliss-reactive ketones (excluding diaryl/α,β-unsaturated/α-hetero) is 1. The third-order valence-electron chi connectivity index (χ3n) is 2.70. The average molecular weight is 262 g/mol. The molecule has 2 rings (SSSR count). The van der Waals surface area contributed by atoms with Crippen LogP contribution in [0.2, 0.25) is 0 Å². The van der Waals surface area contributed by atoms with E-state index in [1.54, 1.807) is 6.92 Å². The molecule has 0 N–H and O–H groups in total. The molecule has 0 unspecified atom stereocenters.